The molecule has 12 heteroatoms. The molecule has 0 amide bonds. The first kappa shape index (κ1) is 56.9. The molecule has 66 heavy (non-hydrogen) atoms. The molecule has 0 aromatic carbocycles. The Kier molecular flexibility index (Phi) is 29.4. The summed E-state index contributed by atoms with van der Waals surface area (Å²) in [5.41, 5.74) is 0. The second-order valence-corrected chi connectivity index (χ2v) is 34.1. The van der Waals surface area contributed by atoms with Gasteiger partial charge in [-0.3, -0.25) is 0 Å². The van der Waals surface area contributed by atoms with E-state index in [0.29, 0.717) is 0 Å². The topological polar surface area (TPSA) is 55.4 Å². The van der Waals surface area contributed by atoms with Gasteiger partial charge in [-0.25, -0.2) is 0 Å². The van der Waals surface area contributed by atoms with Gasteiger partial charge in [0.05, 0.1) is 9.75 Å². The molecule has 2 atom stereocenters. The molecule has 0 radical (unpaired) electrons. The molecular weight excluding hydrogens is 929 g/mol. The Labute approximate surface area is 425 Å². The van der Waals surface area contributed by atoms with Gasteiger partial charge in [-0.2, -0.15) is 0 Å². The number of rotatable bonds is 21. The fourth-order valence-corrected chi connectivity index (χ4v) is 30.9. The van der Waals surface area contributed by atoms with Gasteiger partial charge >= 0.3 is 17.6 Å². The Morgan fingerprint density at radius 1 is 0.273 bits per heavy atom. The molecule has 6 aliphatic rings. The predicted octanol–water partition coefficient (Wildman–Crippen LogP) is 19.0. The normalized spacial score (nSPS) is 25.5. The predicted molar refractivity (Wildman–Crippen MR) is 293 cm³/mol. The standard InChI is InChI=1S/C54H102O6S4Si2/c1-3-53(65(55-47-35-23-11-5-12-24-36-47,56-48-37-25-13-6-14-26-38-48)57-49-39-27-15-7-16-28-40-49)61-63-64-62-54(4-2)66(58-50-41-29-17-8-18-30-42-50,59-51-43-31-19-9-20-32-44-51)60-52-45-33-21-10-22-34-46-52/h47-54H,3-46H2,1-2H3. The van der Waals surface area contributed by atoms with Gasteiger partial charge in [0.15, 0.2) is 0 Å². The molecule has 6 saturated carbocycles. The van der Waals surface area contributed by atoms with Crippen LogP contribution in [0.5, 0.6) is 0 Å². The molecule has 0 bridgehead atoms. The monoisotopic (exact) mass is 1030 g/mol. The summed E-state index contributed by atoms with van der Waals surface area (Å²) in [4.78, 5) is 0.394. The third-order valence-electron chi connectivity index (χ3n) is 16.2. The van der Waals surface area contributed by atoms with Crippen LogP contribution in [0, 0.1) is 0 Å². The van der Waals surface area contributed by atoms with Crippen LogP contribution in [0.3, 0.4) is 0 Å². The van der Waals surface area contributed by atoms with Crippen molar-refractivity contribution in [1.82, 2.24) is 0 Å². The highest BCUT2D eigenvalue weighted by molar-refractivity contribution is 9.26. The van der Waals surface area contributed by atoms with Crippen molar-refractivity contribution < 1.29 is 26.6 Å². The summed E-state index contributed by atoms with van der Waals surface area (Å²) in [5.74, 6) is 0. The summed E-state index contributed by atoms with van der Waals surface area (Å²) in [6, 6.07) is 0. The largest absolute Gasteiger partial charge is 0.516 e. The van der Waals surface area contributed by atoms with Crippen molar-refractivity contribution in [3.8, 4) is 0 Å². The summed E-state index contributed by atoms with van der Waals surface area (Å²) >= 11 is 0. The quantitative estimate of drug-likeness (QED) is 0.0631. The van der Waals surface area contributed by atoms with Gasteiger partial charge in [-0.05, 0) is 110 Å². The van der Waals surface area contributed by atoms with Crippen LogP contribution < -0.4 is 0 Å². The van der Waals surface area contributed by atoms with E-state index in [2.05, 4.69) is 13.8 Å². The Bertz CT molecular complexity index is 970. The Hall–Kier alpha value is 1.59. The lowest BCUT2D eigenvalue weighted by Crippen LogP contribution is -2.60. The Balaban J connectivity index is 1.26. The molecule has 0 saturated heterocycles. The lowest BCUT2D eigenvalue weighted by Gasteiger charge is -2.43. The molecule has 0 N–H and O–H groups in total. The van der Waals surface area contributed by atoms with E-state index in [-0.39, 0.29) is 46.4 Å². The van der Waals surface area contributed by atoms with Gasteiger partial charge in [0, 0.05) is 36.6 Å². The fraction of sp³-hybridized carbons (Fsp3) is 1.00. The second-order valence-electron chi connectivity index (χ2n) is 21.8. The van der Waals surface area contributed by atoms with Gasteiger partial charge in [0.25, 0.3) is 0 Å². The van der Waals surface area contributed by atoms with Gasteiger partial charge in [-0.15, -0.1) is 0 Å². The molecule has 0 aliphatic heterocycles. The molecule has 2 unspecified atom stereocenters. The van der Waals surface area contributed by atoms with Gasteiger partial charge in [0.2, 0.25) is 0 Å². The van der Waals surface area contributed by atoms with Crippen LogP contribution in [-0.2, 0) is 26.6 Å². The number of hydrogen-bond donors (Lipinski definition) is 0. The summed E-state index contributed by atoms with van der Waals surface area (Å²) < 4.78 is 46.6. The van der Waals surface area contributed by atoms with E-state index in [1.807, 2.05) is 41.2 Å². The maximum Gasteiger partial charge on any atom is 0.516 e. The first-order valence-corrected chi connectivity index (χ1v) is 37.9. The van der Waals surface area contributed by atoms with E-state index >= 15 is 0 Å². The van der Waals surface area contributed by atoms with E-state index in [1.165, 1.54) is 193 Å². The average Bonchev–Trinajstić information content (AvgIpc) is 3.25. The second kappa shape index (κ2) is 34.2. The van der Waals surface area contributed by atoms with Gasteiger partial charge < -0.3 is 26.6 Å². The molecular formula is C54H102O6S4Si2. The maximum absolute atomic E-state index is 7.77. The van der Waals surface area contributed by atoms with Crippen LogP contribution >= 0.6 is 41.2 Å². The lowest BCUT2D eigenvalue weighted by atomic mass is 9.99. The van der Waals surface area contributed by atoms with Crippen LogP contribution in [0.2, 0.25) is 0 Å². The van der Waals surface area contributed by atoms with E-state index in [4.69, 9.17) is 26.6 Å². The molecule has 0 aromatic rings. The summed E-state index contributed by atoms with van der Waals surface area (Å²) in [6.45, 7) is 4.81. The maximum atomic E-state index is 7.77. The molecule has 6 rings (SSSR count). The van der Waals surface area contributed by atoms with E-state index in [1.54, 1.807) is 0 Å². The van der Waals surface area contributed by atoms with Gasteiger partial charge in [0.1, 0.15) is 0 Å². The van der Waals surface area contributed by atoms with Crippen molar-refractivity contribution in [1.29, 1.82) is 0 Å². The molecule has 0 heterocycles. The van der Waals surface area contributed by atoms with E-state index < -0.39 is 17.6 Å². The first-order valence-electron chi connectivity index (χ1n) is 29.3. The van der Waals surface area contributed by atoms with Crippen molar-refractivity contribution in [3.05, 3.63) is 0 Å². The lowest BCUT2D eigenvalue weighted by molar-refractivity contribution is -0.0369. The molecule has 0 spiro atoms. The highest BCUT2D eigenvalue weighted by atomic mass is 33.7. The average molecular weight is 1030 g/mol. The third kappa shape index (κ3) is 20.8. The zero-order valence-corrected chi connectivity index (χ0v) is 48.1. The van der Waals surface area contributed by atoms with Crippen LogP contribution in [0.15, 0.2) is 0 Å². The Morgan fingerprint density at radius 3 is 0.576 bits per heavy atom. The van der Waals surface area contributed by atoms with Crippen LogP contribution in [-0.4, -0.2) is 64.0 Å². The zero-order valence-electron chi connectivity index (χ0n) is 42.8. The summed E-state index contributed by atoms with van der Waals surface area (Å²) in [6.07, 6.45) is 56.9. The minimum Gasteiger partial charge on any atom is -0.370 e. The van der Waals surface area contributed by atoms with Crippen molar-refractivity contribution in [2.75, 3.05) is 0 Å². The zero-order chi connectivity index (χ0) is 45.8. The Morgan fingerprint density at radius 2 is 0.424 bits per heavy atom. The van der Waals surface area contributed by atoms with E-state index in [0.717, 1.165) is 89.9 Å². The smallest absolute Gasteiger partial charge is 0.370 e. The summed E-state index contributed by atoms with van der Waals surface area (Å²) in [7, 11) is 1.69. The van der Waals surface area contributed by atoms with Crippen molar-refractivity contribution >= 4 is 58.8 Å². The minimum absolute atomic E-state index is 0.197. The van der Waals surface area contributed by atoms with Crippen LogP contribution in [0.25, 0.3) is 0 Å². The third-order valence-corrected chi connectivity index (χ3v) is 32.8. The minimum atomic E-state index is -3.19. The molecule has 6 fully saturated rings. The van der Waals surface area contributed by atoms with Crippen molar-refractivity contribution in [2.45, 2.75) is 343 Å². The van der Waals surface area contributed by atoms with Crippen LogP contribution in [0.4, 0.5) is 0 Å². The highest BCUT2D eigenvalue weighted by Crippen LogP contribution is 2.53. The molecule has 0 aromatic heterocycles. The molecule has 6 nitrogen and oxygen atoms in total. The fourth-order valence-electron chi connectivity index (χ4n) is 12.1. The SMILES string of the molecule is CCC(SSSSC(CC)[Si](OC1CCCCCCC1)(OC1CCCCCCC1)OC1CCCCCCC1)[Si](OC1CCCCCCC1)(OC1CCCCCCC1)OC1CCCCCCC1. The summed E-state index contributed by atoms with van der Waals surface area (Å²) in [5, 5.41) is 0. The molecule has 386 valence electrons. The molecule has 6 aliphatic carbocycles. The number of hydrogen-bond acceptors (Lipinski definition) is 10. The van der Waals surface area contributed by atoms with Crippen molar-refractivity contribution in [2.24, 2.45) is 0 Å². The first-order chi connectivity index (χ1) is 32.6. The highest BCUT2D eigenvalue weighted by Gasteiger charge is 2.56. The van der Waals surface area contributed by atoms with Crippen molar-refractivity contribution in [3.63, 3.8) is 0 Å². The van der Waals surface area contributed by atoms with Crippen LogP contribution in [0.1, 0.15) is 296 Å². The van der Waals surface area contributed by atoms with Gasteiger partial charge in [-0.1, -0.05) is 228 Å². The van der Waals surface area contributed by atoms with E-state index in [9.17, 15) is 0 Å².